The topological polar surface area (TPSA) is 56.5 Å². The van der Waals surface area contributed by atoms with E-state index in [0.717, 1.165) is 72.1 Å². The lowest BCUT2D eigenvalue weighted by atomic mass is 9.96. The maximum Gasteiger partial charge on any atom is 0.164 e. The highest BCUT2D eigenvalue weighted by Crippen LogP contribution is 2.43. The molecule has 0 radical (unpaired) electrons. The molecule has 3 heterocycles. The molecule has 294 valence electrons. The van der Waals surface area contributed by atoms with Crippen LogP contribution in [0.15, 0.2) is 224 Å². The van der Waals surface area contributed by atoms with Gasteiger partial charge in [0.2, 0.25) is 0 Å². The summed E-state index contributed by atoms with van der Waals surface area (Å²) in [5, 5.41) is 5.87. The molecular weight excluding hydrogens is 767 g/mol. The van der Waals surface area contributed by atoms with Gasteiger partial charge in [0, 0.05) is 55.0 Å². The maximum atomic E-state index is 5.26. The van der Waals surface area contributed by atoms with Crippen molar-refractivity contribution < 1.29 is 0 Å². The molecule has 9 aromatic carbocycles. The van der Waals surface area contributed by atoms with Gasteiger partial charge in [-0.05, 0) is 52.4 Å². The molecule has 12 aromatic rings. The van der Waals surface area contributed by atoms with Crippen LogP contribution in [-0.4, -0.2) is 24.5 Å². The van der Waals surface area contributed by atoms with E-state index in [2.05, 4.69) is 168 Å². The summed E-state index contributed by atoms with van der Waals surface area (Å²) < 4.78 is 2.44. The van der Waals surface area contributed by atoms with E-state index < -0.39 is 0 Å². The quantitative estimate of drug-likeness (QED) is 0.151. The maximum absolute atomic E-state index is 5.26. The van der Waals surface area contributed by atoms with Crippen molar-refractivity contribution >= 4 is 43.5 Å². The number of benzene rings is 9. The van der Waals surface area contributed by atoms with Crippen molar-refractivity contribution in [3.63, 3.8) is 0 Å². The first-order chi connectivity index (χ1) is 31.2. The van der Waals surface area contributed by atoms with Gasteiger partial charge in [-0.15, -0.1) is 0 Å². The number of pyridine rings is 1. The molecule has 0 atom stereocenters. The average Bonchev–Trinajstić information content (AvgIpc) is 3.70. The standard InChI is InChI=1S/C58H37N5/c1-5-16-41(17-6-1)54-51-36-50-48-26-15-25-46(55(48)63(45-22-11-4-12-23-45)53(50)37-49(51)47-24-13-14-27-52(47)59-54)40-32-28-38(29-33-40)39-30-34-44(35-31-39)58-61-56(42-18-7-2-8-19-42)60-57(62-58)43-20-9-3-10-21-43/h1-37H. The fraction of sp³-hybridized carbons (Fsp3) is 0. The molecule has 0 amide bonds. The van der Waals surface area contributed by atoms with Crippen LogP contribution in [0.3, 0.4) is 0 Å². The van der Waals surface area contributed by atoms with Gasteiger partial charge in [-0.1, -0.05) is 194 Å². The van der Waals surface area contributed by atoms with E-state index in [4.69, 9.17) is 19.9 Å². The van der Waals surface area contributed by atoms with Crippen LogP contribution in [0.2, 0.25) is 0 Å². The first kappa shape index (κ1) is 36.3. The van der Waals surface area contributed by atoms with Crippen molar-refractivity contribution in [2.24, 2.45) is 0 Å². The fourth-order valence-corrected chi connectivity index (χ4v) is 9.00. The van der Waals surface area contributed by atoms with Crippen molar-refractivity contribution in [3.05, 3.63) is 224 Å². The fourth-order valence-electron chi connectivity index (χ4n) is 9.00. The molecule has 0 bridgehead atoms. The molecule has 0 fully saturated rings. The Hall–Kier alpha value is -8.54. The van der Waals surface area contributed by atoms with Gasteiger partial charge < -0.3 is 4.57 Å². The molecule has 0 aliphatic carbocycles. The molecule has 0 unspecified atom stereocenters. The molecule has 0 aliphatic heterocycles. The molecule has 0 saturated carbocycles. The van der Waals surface area contributed by atoms with E-state index in [1.807, 2.05) is 60.7 Å². The summed E-state index contributed by atoms with van der Waals surface area (Å²) in [4.78, 5) is 20.0. The van der Waals surface area contributed by atoms with Gasteiger partial charge in [0.15, 0.2) is 17.5 Å². The van der Waals surface area contributed by atoms with Gasteiger partial charge in [-0.3, -0.25) is 0 Å². The number of fused-ring (bicyclic) bond motifs is 6. The first-order valence-electron chi connectivity index (χ1n) is 21.2. The van der Waals surface area contributed by atoms with E-state index in [-0.39, 0.29) is 0 Å². The lowest BCUT2D eigenvalue weighted by molar-refractivity contribution is 1.07. The van der Waals surface area contributed by atoms with Crippen molar-refractivity contribution in [2.45, 2.75) is 0 Å². The van der Waals surface area contributed by atoms with E-state index in [1.165, 1.54) is 27.2 Å². The van der Waals surface area contributed by atoms with Gasteiger partial charge in [-0.25, -0.2) is 19.9 Å². The van der Waals surface area contributed by atoms with Crippen molar-refractivity contribution in [3.8, 4) is 73.4 Å². The van der Waals surface area contributed by atoms with E-state index in [0.29, 0.717) is 17.5 Å². The second-order valence-electron chi connectivity index (χ2n) is 15.8. The van der Waals surface area contributed by atoms with Gasteiger partial charge in [-0.2, -0.15) is 0 Å². The van der Waals surface area contributed by atoms with E-state index in [9.17, 15) is 0 Å². The van der Waals surface area contributed by atoms with Crippen LogP contribution >= 0.6 is 0 Å². The summed E-state index contributed by atoms with van der Waals surface area (Å²) in [6.07, 6.45) is 0. The van der Waals surface area contributed by atoms with Crippen molar-refractivity contribution in [1.82, 2.24) is 24.5 Å². The Balaban J connectivity index is 0.967. The van der Waals surface area contributed by atoms with Crippen LogP contribution in [0.1, 0.15) is 0 Å². The highest BCUT2D eigenvalue weighted by molar-refractivity contribution is 6.21. The molecule has 12 rings (SSSR count). The Morgan fingerprint density at radius 3 is 1.37 bits per heavy atom. The minimum Gasteiger partial charge on any atom is -0.309 e. The number of para-hydroxylation sites is 3. The molecule has 0 aliphatic rings. The number of aromatic nitrogens is 5. The van der Waals surface area contributed by atoms with Gasteiger partial charge >= 0.3 is 0 Å². The monoisotopic (exact) mass is 803 g/mol. The summed E-state index contributed by atoms with van der Waals surface area (Å²) in [7, 11) is 0. The Bertz CT molecular complexity index is 3570. The van der Waals surface area contributed by atoms with Crippen LogP contribution < -0.4 is 0 Å². The normalized spacial score (nSPS) is 11.5. The molecule has 0 spiro atoms. The molecular formula is C58H37N5. The third-order valence-electron chi connectivity index (χ3n) is 12.0. The molecule has 0 saturated heterocycles. The summed E-state index contributed by atoms with van der Waals surface area (Å²) in [5.74, 6) is 1.94. The molecule has 3 aromatic heterocycles. The van der Waals surface area contributed by atoms with E-state index >= 15 is 0 Å². The highest BCUT2D eigenvalue weighted by atomic mass is 15.0. The smallest absolute Gasteiger partial charge is 0.164 e. The minimum atomic E-state index is 0.639. The predicted octanol–water partition coefficient (Wildman–Crippen LogP) is 14.7. The Morgan fingerprint density at radius 1 is 0.286 bits per heavy atom. The van der Waals surface area contributed by atoms with Crippen molar-refractivity contribution in [1.29, 1.82) is 0 Å². The first-order valence-corrected chi connectivity index (χ1v) is 21.2. The van der Waals surface area contributed by atoms with Crippen molar-refractivity contribution in [2.75, 3.05) is 0 Å². The largest absolute Gasteiger partial charge is 0.309 e. The second kappa shape index (κ2) is 15.2. The Morgan fingerprint density at radius 2 is 0.762 bits per heavy atom. The Kier molecular flexibility index (Phi) is 8.75. The molecule has 5 nitrogen and oxygen atoms in total. The van der Waals surface area contributed by atoms with Gasteiger partial charge in [0.1, 0.15) is 0 Å². The molecule has 5 heteroatoms. The second-order valence-corrected chi connectivity index (χ2v) is 15.8. The van der Waals surface area contributed by atoms with E-state index in [1.54, 1.807) is 0 Å². The summed E-state index contributed by atoms with van der Waals surface area (Å²) >= 11 is 0. The number of rotatable bonds is 7. The minimum absolute atomic E-state index is 0.639. The van der Waals surface area contributed by atoms with Gasteiger partial charge in [0.25, 0.3) is 0 Å². The zero-order valence-electron chi connectivity index (χ0n) is 34.1. The third-order valence-corrected chi connectivity index (χ3v) is 12.0. The van der Waals surface area contributed by atoms with Crippen LogP contribution in [0.4, 0.5) is 0 Å². The zero-order valence-corrected chi connectivity index (χ0v) is 34.1. The summed E-state index contributed by atoms with van der Waals surface area (Å²) in [5.41, 5.74) is 13.9. The number of hydrogen-bond donors (Lipinski definition) is 0. The zero-order chi connectivity index (χ0) is 41.7. The lowest BCUT2D eigenvalue weighted by Gasteiger charge is -2.13. The Labute approximate surface area is 364 Å². The van der Waals surface area contributed by atoms with Crippen LogP contribution in [0, 0.1) is 0 Å². The van der Waals surface area contributed by atoms with Crippen LogP contribution in [-0.2, 0) is 0 Å². The third kappa shape index (κ3) is 6.42. The lowest BCUT2D eigenvalue weighted by Crippen LogP contribution is -2.00. The summed E-state index contributed by atoms with van der Waals surface area (Å²) in [6, 6.07) is 78.8. The highest BCUT2D eigenvalue weighted by Gasteiger charge is 2.20. The average molecular weight is 804 g/mol. The van der Waals surface area contributed by atoms with Crippen LogP contribution in [0.25, 0.3) is 117 Å². The number of hydrogen-bond acceptors (Lipinski definition) is 4. The predicted molar refractivity (Wildman–Crippen MR) is 260 cm³/mol. The molecule has 0 N–H and O–H groups in total. The number of nitrogens with zero attached hydrogens (tertiary/aromatic N) is 5. The van der Waals surface area contributed by atoms with Gasteiger partial charge in [0.05, 0.1) is 22.2 Å². The summed E-state index contributed by atoms with van der Waals surface area (Å²) in [6.45, 7) is 0. The molecule has 63 heavy (non-hydrogen) atoms. The SMILES string of the molecule is c1ccc(-c2nc(-c3ccccc3)nc(-c3ccc(-c4ccc(-c5cccc6c7cc8c(-c9ccccc9)nc9ccccc9c8cc7n(-c7ccccc7)c56)cc4)cc3)n2)cc1. The van der Waals surface area contributed by atoms with Crippen LogP contribution in [0.5, 0.6) is 0 Å².